The number of pyridine rings is 1. The third kappa shape index (κ3) is 4.24. The van der Waals surface area contributed by atoms with Crippen LogP contribution in [0.2, 0.25) is 0 Å². The van der Waals surface area contributed by atoms with Gasteiger partial charge in [0.05, 0.1) is 23.5 Å². The SMILES string of the molecule is COc1cc2c(c3c1c(=O)c1cc4ccccc4cc1n3C)[C@H](NC(=O)N(C)C)[C@H](OC(=O)N(C)C)C(C)(C)O2. The van der Waals surface area contributed by atoms with Gasteiger partial charge >= 0.3 is 12.1 Å². The molecular weight excluding hydrogens is 512 g/mol. The van der Waals surface area contributed by atoms with E-state index in [4.69, 9.17) is 14.2 Å². The summed E-state index contributed by atoms with van der Waals surface area (Å²) in [5.74, 6) is 0.771. The number of carbonyl (C=O) groups excluding carboxylic acids is 2. The molecule has 0 saturated carbocycles. The van der Waals surface area contributed by atoms with Gasteiger partial charge < -0.3 is 33.9 Å². The second-order valence-electron chi connectivity index (χ2n) is 11.0. The quantitative estimate of drug-likeness (QED) is 0.382. The maximum atomic E-state index is 14.1. The Kier molecular flexibility index (Phi) is 6.52. The lowest BCUT2D eigenvalue weighted by Gasteiger charge is -2.45. The maximum absolute atomic E-state index is 14.1. The van der Waals surface area contributed by atoms with Gasteiger partial charge in [0.1, 0.15) is 23.1 Å². The number of amides is 3. The lowest BCUT2D eigenvalue weighted by atomic mass is 9.84. The van der Waals surface area contributed by atoms with Crippen molar-refractivity contribution >= 4 is 44.7 Å². The van der Waals surface area contributed by atoms with Crippen molar-refractivity contribution < 1.29 is 23.8 Å². The third-order valence-corrected chi connectivity index (χ3v) is 7.47. The first-order valence-electron chi connectivity index (χ1n) is 13.0. The number of aryl methyl sites for hydroxylation is 1. The molecular formula is C30H34N4O6. The summed E-state index contributed by atoms with van der Waals surface area (Å²) in [7, 11) is 9.79. The number of methoxy groups -OCH3 is 1. The molecule has 2 atom stereocenters. The van der Waals surface area contributed by atoms with Crippen LogP contribution >= 0.6 is 0 Å². The molecule has 3 amide bonds. The van der Waals surface area contributed by atoms with E-state index in [0.717, 1.165) is 10.8 Å². The molecule has 0 spiro atoms. The molecule has 40 heavy (non-hydrogen) atoms. The van der Waals surface area contributed by atoms with Crippen molar-refractivity contribution in [2.75, 3.05) is 35.3 Å². The van der Waals surface area contributed by atoms with E-state index >= 15 is 0 Å². The summed E-state index contributed by atoms with van der Waals surface area (Å²) in [6.45, 7) is 3.58. The van der Waals surface area contributed by atoms with Crippen LogP contribution < -0.4 is 20.2 Å². The van der Waals surface area contributed by atoms with E-state index < -0.39 is 23.8 Å². The van der Waals surface area contributed by atoms with Gasteiger partial charge in [0.2, 0.25) is 5.43 Å². The third-order valence-electron chi connectivity index (χ3n) is 7.47. The Morgan fingerprint density at radius 1 is 1.02 bits per heavy atom. The fourth-order valence-corrected chi connectivity index (χ4v) is 5.42. The molecule has 0 saturated heterocycles. The zero-order valence-electron chi connectivity index (χ0n) is 24.0. The number of urea groups is 1. The van der Waals surface area contributed by atoms with Gasteiger partial charge in [0, 0.05) is 52.3 Å². The van der Waals surface area contributed by atoms with Crippen LogP contribution in [0.5, 0.6) is 11.5 Å². The Morgan fingerprint density at radius 2 is 1.68 bits per heavy atom. The number of aromatic nitrogens is 1. The zero-order chi connectivity index (χ0) is 29.1. The van der Waals surface area contributed by atoms with Crippen LogP contribution in [-0.2, 0) is 11.8 Å². The Bertz CT molecular complexity index is 1740. The number of nitrogens with zero attached hydrogens (tertiary/aromatic N) is 3. The normalized spacial score (nSPS) is 17.7. The van der Waals surface area contributed by atoms with E-state index in [2.05, 4.69) is 5.32 Å². The second kappa shape index (κ2) is 9.62. The predicted molar refractivity (Wildman–Crippen MR) is 154 cm³/mol. The highest BCUT2D eigenvalue weighted by molar-refractivity contribution is 6.04. The van der Waals surface area contributed by atoms with Crippen LogP contribution in [0.3, 0.4) is 0 Å². The van der Waals surface area contributed by atoms with Gasteiger partial charge in [0.15, 0.2) is 6.10 Å². The van der Waals surface area contributed by atoms with Crippen LogP contribution in [0, 0.1) is 0 Å². The van der Waals surface area contributed by atoms with Crippen molar-refractivity contribution in [1.29, 1.82) is 0 Å². The molecule has 0 aliphatic carbocycles. The molecule has 10 heteroatoms. The molecule has 5 rings (SSSR count). The van der Waals surface area contributed by atoms with Crippen molar-refractivity contribution in [3.63, 3.8) is 0 Å². The van der Waals surface area contributed by atoms with Crippen LogP contribution in [0.4, 0.5) is 9.59 Å². The number of hydrogen-bond acceptors (Lipinski definition) is 6. The van der Waals surface area contributed by atoms with Gasteiger partial charge in [-0.15, -0.1) is 0 Å². The second-order valence-corrected chi connectivity index (χ2v) is 11.0. The van der Waals surface area contributed by atoms with Gasteiger partial charge in [-0.25, -0.2) is 9.59 Å². The summed E-state index contributed by atoms with van der Waals surface area (Å²) < 4.78 is 20.1. The molecule has 210 valence electrons. The molecule has 0 radical (unpaired) electrons. The van der Waals surface area contributed by atoms with E-state index in [0.29, 0.717) is 38.9 Å². The predicted octanol–water partition coefficient (Wildman–Crippen LogP) is 4.40. The average Bonchev–Trinajstić information content (AvgIpc) is 2.91. The molecule has 0 unspecified atom stereocenters. The minimum absolute atomic E-state index is 0.210. The van der Waals surface area contributed by atoms with E-state index in [1.54, 1.807) is 48.1 Å². The molecule has 1 aliphatic rings. The number of carbonyl (C=O) groups is 2. The van der Waals surface area contributed by atoms with E-state index in [1.165, 1.54) is 16.9 Å². The van der Waals surface area contributed by atoms with Gasteiger partial charge in [-0.2, -0.15) is 0 Å². The molecule has 1 aromatic heterocycles. The zero-order valence-corrected chi connectivity index (χ0v) is 24.0. The molecule has 0 fully saturated rings. The topological polar surface area (TPSA) is 102 Å². The number of nitrogens with one attached hydrogen (secondary N) is 1. The van der Waals surface area contributed by atoms with Crippen molar-refractivity contribution in [1.82, 2.24) is 19.7 Å². The molecule has 2 heterocycles. The first-order chi connectivity index (χ1) is 18.9. The monoisotopic (exact) mass is 546 g/mol. The summed E-state index contributed by atoms with van der Waals surface area (Å²) in [5.41, 5.74) is 0.492. The smallest absolute Gasteiger partial charge is 0.409 e. The van der Waals surface area contributed by atoms with Crippen LogP contribution in [-0.4, -0.2) is 73.5 Å². The van der Waals surface area contributed by atoms with Crippen molar-refractivity contribution in [3.05, 3.63) is 58.3 Å². The van der Waals surface area contributed by atoms with Crippen LogP contribution in [0.1, 0.15) is 25.5 Å². The molecule has 4 aromatic rings. The summed E-state index contributed by atoms with van der Waals surface area (Å²) >= 11 is 0. The van der Waals surface area contributed by atoms with E-state index in [-0.39, 0.29) is 11.5 Å². The van der Waals surface area contributed by atoms with Crippen LogP contribution in [0.15, 0.2) is 47.3 Å². The van der Waals surface area contributed by atoms with Crippen molar-refractivity contribution in [3.8, 4) is 11.5 Å². The molecule has 1 N–H and O–H groups in total. The van der Waals surface area contributed by atoms with Crippen LogP contribution in [0.25, 0.3) is 32.6 Å². The number of rotatable bonds is 3. The largest absolute Gasteiger partial charge is 0.496 e. The lowest BCUT2D eigenvalue weighted by Crippen LogP contribution is -2.57. The Hall–Kier alpha value is -4.47. The number of benzene rings is 3. The summed E-state index contributed by atoms with van der Waals surface area (Å²) in [4.78, 5) is 42.8. The number of ether oxygens (including phenoxy) is 3. The first-order valence-corrected chi connectivity index (χ1v) is 13.0. The van der Waals surface area contributed by atoms with Crippen molar-refractivity contribution in [2.24, 2.45) is 7.05 Å². The lowest BCUT2D eigenvalue weighted by molar-refractivity contribution is -0.0745. The average molecular weight is 547 g/mol. The van der Waals surface area contributed by atoms with Gasteiger partial charge in [-0.1, -0.05) is 24.3 Å². The van der Waals surface area contributed by atoms with Crippen molar-refractivity contribution in [2.45, 2.75) is 31.6 Å². The summed E-state index contributed by atoms with van der Waals surface area (Å²) in [5, 5.41) is 5.84. The standard InChI is InChI=1S/C30H34N4O6/c1-30(2)27(39-29(37)33(5)6)24(31-28(36)32(3)4)22-21(40-30)15-20(38-8)23-25(22)34(7)19-14-17-12-10-9-11-16(17)13-18(19)26(23)35/h9-15,24,27H,1-8H3,(H,31,36)/t24-,27-/m0/s1. The maximum Gasteiger partial charge on any atom is 0.409 e. The van der Waals surface area contributed by atoms with E-state index in [1.807, 2.05) is 48.0 Å². The number of hydrogen-bond donors (Lipinski definition) is 1. The Balaban J connectivity index is 1.91. The Labute approximate surface area is 232 Å². The fraction of sp³-hybridized carbons (Fsp3) is 0.367. The number of fused-ring (bicyclic) bond motifs is 5. The molecule has 0 bridgehead atoms. The Morgan fingerprint density at radius 3 is 2.27 bits per heavy atom. The summed E-state index contributed by atoms with van der Waals surface area (Å²) in [6.07, 6.45) is -1.52. The van der Waals surface area contributed by atoms with E-state index in [9.17, 15) is 14.4 Å². The molecule has 1 aliphatic heterocycles. The highest BCUT2D eigenvalue weighted by atomic mass is 16.6. The highest BCUT2D eigenvalue weighted by Gasteiger charge is 2.49. The molecule has 10 nitrogen and oxygen atoms in total. The van der Waals surface area contributed by atoms with Gasteiger partial charge in [0.25, 0.3) is 0 Å². The summed E-state index contributed by atoms with van der Waals surface area (Å²) in [6, 6.07) is 12.1. The van der Waals surface area contributed by atoms with Gasteiger partial charge in [-0.3, -0.25) is 4.79 Å². The molecule has 3 aromatic carbocycles. The highest BCUT2D eigenvalue weighted by Crippen LogP contribution is 2.47. The van der Waals surface area contributed by atoms with Gasteiger partial charge in [-0.05, 0) is 36.8 Å². The first kappa shape index (κ1) is 27.1. The fourth-order valence-electron chi connectivity index (χ4n) is 5.42. The minimum Gasteiger partial charge on any atom is -0.496 e. The minimum atomic E-state index is -1.05.